The Morgan fingerprint density at radius 3 is 2.60 bits per heavy atom. The van der Waals surface area contributed by atoms with E-state index in [9.17, 15) is 4.79 Å². The smallest absolute Gasteiger partial charge is 0.255 e. The zero-order valence-corrected chi connectivity index (χ0v) is 12.2. The average molecular weight is 286 g/mol. The number of amides is 1. The van der Waals surface area contributed by atoms with E-state index in [0.29, 0.717) is 11.3 Å². The SMILES string of the molecule is Nc1cc(-c2cccs2)ccc1C(=O)N1CCCCC1. The van der Waals surface area contributed by atoms with E-state index in [1.807, 2.05) is 34.5 Å². The number of benzene rings is 1. The standard InChI is InChI=1S/C16H18N2OS/c17-14-11-12(15-5-4-10-20-15)6-7-13(14)16(19)18-8-2-1-3-9-18/h4-7,10-11H,1-3,8-9,17H2. The van der Waals surface area contributed by atoms with Crippen molar-refractivity contribution in [3.63, 3.8) is 0 Å². The Morgan fingerprint density at radius 1 is 1.15 bits per heavy atom. The van der Waals surface area contributed by atoms with Crippen molar-refractivity contribution in [3.05, 3.63) is 41.3 Å². The quantitative estimate of drug-likeness (QED) is 0.857. The molecule has 1 aliphatic heterocycles. The first-order valence-corrected chi connectivity index (χ1v) is 7.86. The van der Waals surface area contributed by atoms with Crippen molar-refractivity contribution >= 4 is 22.9 Å². The summed E-state index contributed by atoms with van der Waals surface area (Å²) in [7, 11) is 0. The van der Waals surface area contributed by atoms with Crippen LogP contribution in [0, 0.1) is 0 Å². The summed E-state index contributed by atoms with van der Waals surface area (Å²) in [5.41, 5.74) is 8.38. The summed E-state index contributed by atoms with van der Waals surface area (Å²) in [6, 6.07) is 9.83. The number of nitrogens with zero attached hydrogens (tertiary/aromatic N) is 1. The molecule has 0 aliphatic carbocycles. The molecule has 20 heavy (non-hydrogen) atoms. The Hall–Kier alpha value is -1.81. The number of anilines is 1. The maximum atomic E-state index is 12.5. The Bertz CT molecular complexity index is 601. The van der Waals surface area contributed by atoms with Crippen LogP contribution in [0.2, 0.25) is 0 Å². The van der Waals surface area contributed by atoms with Crippen LogP contribution in [0.5, 0.6) is 0 Å². The third-order valence-corrected chi connectivity index (χ3v) is 4.65. The summed E-state index contributed by atoms with van der Waals surface area (Å²) in [5, 5.41) is 2.04. The van der Waals surface area contributed by atoms with Gasteiger partial charge in [-0.25, -0.2) is 0 Å². The van der Waals surface area contributed by atoms with E-state index in [4.69, 9.17) is 5.73 Å². The van der Waals surface area contributed by atoms with Crippen molar-refractivity contribution in [2.75, 3.05) is 18.8 Å². The van der Waals surface area contributed by atoms with Crippen LogP contribution in [0.1, 0.15) is 29.6 Å². The van der Waals surface area contributed by atoms with Gasteiger partial charge >= 0.3 is 0 Å². The van der Waals surface area contributed by atoms with Crippen molar-refractivity contribution in [1.82, 2.24) is 4.90 Å². The van der Waals surface area contributed by atoms with Gasteiger partial charge in [-0.15, -0.1) is 11.3 Å². The lowest BCUT2D eigenvalue weighted by Gasteiger charge is -2.27. The number of carbonyl (C=O) groups excluding carboxylic acids is 1. The molecule has 0 saturated carbocycles. The summed E-state index contributed by atoms with van der Waals surface area (Å²) < 4.78 is 0. The third kappa shape index (κ3) is 2.56. The summed E-state index contributed by atoms with van der Waals surface area (Å²) >= 11 is 1.68. The number of hydrogen-bond acceptors (Lipinski definition) is 3. The van der Waals surface area contributed by atoms with Gasteiger partial charge in [-0.3, -0.25) is 4.79 Å². The number of piperidine rings is 1. The summed E-state index contributed by atoms with van der Waals surface area (Å²) in [6.07, 6.45) is 3.41. The van der Waals surface area contributed by atoms with Crippen LogP contribution in [-0.2, 0) is 0 Å². The lowest BCUT2D eigenvalue weighted by atomic mass is 10.0. The van der Waals surface area contributed by atoms with Crippen LogP contribution >= 0.6 is 11.3 Å². The largest absolute Gasteiger partial charge is 0.398 e. The highest BCUT2D eigenvalue weighted by Crippen LogP contribution is 2.28. The molecule has 1 aromatic carbocycles. The van der Waals surface area contributed by atoms with E-state index >= 15 is 0 Å². The van der Waals surface area contributed by atoms with E-state index < -0.39 is 0 Å². The molecule has 0 spiro atoms. The molecular weight excluding hydrogens is 268 g/mol. The number of likely N-dealkylation sites (tertiary alicyclic amines) is 1. The van der Waals surface area contributed by atoms with E-state index in [0.717, 1.165) is 31.5 Å². The molecule has 1 saturated heterocycles. The zero-order chi connectivity index (χ0) is 13.9. The number of hydrogen-bond donors (Lipinski definition) is 1. The maximum Gasteiger partial charge on any atom is 0.255 e. The van der Waals surface area contributed by atoms with Gasteiger partial charge in [0.2, 0.25) is 0 Å². The van der Waals surface area contributed by atoms with Crippen LogP contribution < -0.4 is 5.73 Å². The summed E-state index contributed by atoms with van der Waals surface area (Å²) in [5.74, 6) is 0.0694. The van der Waals surface area contributed by atoms with Crippen LogP contribution in [0.3, 0.4) is 0 Å². The molecule has 0 unspecified atom stereocenters. The first-order valence-electron chi connectivity index (χ1n) is 6.98. The molecule has 1 fully saturated rings. The van der Waals surface area contributed by atoms with Crippen LogP contribution in [0.4, 0.5) is 5.69 Å². The number of thiophene rings is 1. The van der Waals surface area contributed by atoms with Gasteiger partial charge in [0, 0.05) is 23.7 Å². The minimum absolute atomic E-state index is 0.0694. The van der Waals surface area contributed by atoms with Crippen LogP contribution in [-0.4, -0.2) is 23.9 Å². The highest BCUT2D eigenvalue weighted by atomic mass is 32.1. The predicted molar refractivity (Wildman–Crippen MR) is 83.9 cm³/mol. The van der Waals surface area contributed by atoms with Gasteiger partial charge in [0.25, 0.3) is 5.91 Å². The molecule has 1 amide bonds. The fourth-order valence-corrected chi connectivity index (χ4v) is 3.34. The topological polar surface area (TPSA) is 46.3 Å². The lowest BCUT2D eigenvalue weighted by Crippen LogP contribution is -2.35. The van der Waals surface area contributed by atoms with E-state index in [2.05, 4.69) is 6.07 Å². The van der Waals surface area contributed by atoms with E-state index in [1.54, 1.807) is 11.3 Å². The Labute approximate surface area is 123 Å². The first kappa shape index (κ1) is 13.2. The summed E-state index contributed by atoms with van der Waals surface area (Å²) in [6.45, 7) is 1.70. The second-order valence-electron chi connectivity index (χ2n) is 5.13. The Morgan fingerprint density at radius 2 is 1.95 bits per heavy atom. The molecule has 1 aromatic heterocycles. The molecule has 0 bridgehead atoms. The van der Waals surface area contributed by atoms with Gasteiger partial charge in [0.15, 0.2) is 0 Å². The van der Waals surface area contributed by atoms with Gasteiger partial charge in [-0.05, 0) is 48.4 Å². The Balaban J connectivity index is 1.85. The van der Waals surface area contributed by atoms with Crippen molar-refractivity contribution < 1.29 is 4.79 Å². The molecule has 0 radical (unpaired) electrons. The predicted octanol–water partition coefficient (Wildman–Crippen LogP) is 3.62. The van der Waals surface area contributed by atoms with Crippen LogP contribution in [0.25, 0.3) is 10.4 Å². The molecule has 4 heteroatoms. The van der Waals surface area contributed by atoms with Crippen LogP contribution in [0.15, 0.2) is 35.7 Å². The second-order valence-corrected chi connectivity index (χ2v) is 6.08. The molecule has 104 valence electrons. The summed E-state index contributed by atoms with van der Waals surface area (Å²) in [4.78, 5) is 15.6. The minimum atomic E-state index is 0.0694. The molecule has 2 N–H and O–H groups in total. The molecule has 0 atom stereocenters. The second kappa shape index (κ2) is 5.67. The zero-order valence-electron chi connectivity index (χ0n) is 11.3. The lowest BCUT2D eigenvalue weighted by molar-refractivity contribution is 0.0725. The van der Waals surface area contributed by atoms with Gasteiger partial charge in [0.05, 0.1) is 5.56 Å². The monoisotopic (exact) mass is 286 g/mol. The van der Waals surface area contributed by atoms with E-state index in [1.165, 1.54) is 11.3 Å². The molecule has 1 aliphatic rings. The van der Waals surface area contributed by atoms with Crippen molar-refractivity contribution in [3.8, 4) is 10.4 Å². The normalized spacial score (nSPS) is 15.3. The number of carbonyl (C=O) groups is 1. The highest BCUT2D eigenvalue weighted by molar-refractivity contribution is 7.13. The third-order valence-electron chi connectivity index (χ3n) is 3.73. The Kier molecular flexibility index (Phi) is 3.74. The van der Waals surface area contributed by atoms with Gasteiger partial charge < -0.3 is 10.6 Å². The highest BCUT2D eigenvalue weighted by Gasteiger charge is 2.20. The molecule has 2 aromatic rings. The maximum absolute atomic E-state index is 12.5. The fraction of sp³-hybridized carbons (Fsp3) is 0.312. The van der Waals surface area contributed by atoms with E-state index in [-0.39, 0.29) is 5.91 Å². The van der Waals surface area contributed by atoms with Crippen molar-refractivity contribution in [1.29, 1.82) is 0 Å². The molecule has 2 heterocycles. The number of nitrogens with two attached hydrogens (primary N) is 1. The van der Waals surface area contributed by atoms with Gasteiger partial charge in [-0.2, -0.15) is 0 Å². The van der Waals surface area contributed by atoms with Crippen molar-refractivity contribution in [2.45, 2.75) is 19.3 Å². The number of nitrogen functional groups attached to an aromatic ring is 1. The first-order chi connectivity index (χ1) is 9.75. The average Bonchev–Trinajstić information content (AvgIpc) is 3.01. The van der Waals surface area contributed by atoms with Gasteiger partial charge in [-0.1, -0.05) is 12.1 Å². The molecule has 3 nitrogen and oxygen atoms in total. The fourth-order valence-electron chi connectivity index (χ4n) is 2.62. The molecule has 3 rings (SSSR count). The number of rotatable bonds is 2. The molecular formula is C16H18N2OS. The minimum Gasteiger partial charge on any atom is -0.398 e. The van der Waals surface area contributed by atoms with Gasteiger partial charge in [0.1, 0.15) is 0 Å². The van der Waals surface area contributed by atoms with Crippen molar-refractivity contribution in [2.24, 2.45) is 0 Å².